The molecular weight excluding hydrogens is 1680 g/mol. The predicted molar refractivity (Wildman–Crippen MR) is 484 cm³/mol. The maximum Gasteiger partial charge on any atom is 0.264 e. The predicted octanol–water partition coefficient (Wildman–Crippen LogP) is 16.2. The summed E-state index contributed by atoms with van der Waals surface area (Å²) >= 11 is 19.1. The lowest BCUT2D eigenvalue weighted by atomic mass is 9.68. The average Bonchev–Trinajstić information content (AvgIpc) is 1.62. The Bertz CT molecular complexity index is 4900. The molecule has 3 spiro atoms. The molecule has 3 saturated carbocycles. The van der Waals surface area contributed by atoms with E-state index in [2.05, 4.69) is 65.3 Å². The number of hydrogen-bond acceptors (Lipinski definition) is 18. The summed E-state index contributed by atoms with van der Waals surface area (Å²) in [7, 11) is -11.6. The highest BCUT2D eigenvalue weighted by Gasteiger charge is 2.49. The number of benzene rings is 6. The molecule has 660 valence electrons. The Morgan fingerprint density at radius 1 is 0.390 bits per heavy atom. The zero-order valence-electron chi connectivity index (χ0n) is 70.6. The van der Waals surface area contributed by atoms with Gasteiger partial charge in [0.05, 0.1) is 70.9 Å². The molecular formula is C96H117Cl3N6O15S3. The minimum Gasteiger partial charge on any atom is -0.490 e. The molecule has 6 N–H and O–H groups in total. The number of carbonyl (C=O) groups is 3. The Kier molecular flexibility index (Phi) is 26.7. The molecule has 3 amide bonds. The van der Waals surface area contributed by atoms with Crippen molar-refractivity contribution in [3.05, 3.63) is 211 Å². The SMILES string of the molecule is CC[C@@H]1CC/C=C/[C@H](O)[C@@H]2CC[C@H]2CN2C[C@@]3(CCCc4cc(Cl)ccc43)COc3ccc(cc32)C(=O)NS1(=O)=O.CC[C@@H]1CC/C=C\[C@@H](O)[C@@H]2CC[C@H]2CN2C[C@@]3(CCCc4cc(Cl)ccc43)COc3ccc(cc32)C(=O)NS1(=O)=O.CC[C@H]1CC/C=C/[C@H](O)[C@@H]2CC[C@H]2CN2C[C@@]3(CCCc4cc(Cl)ccc43)COc3ccc(cc32)C(=O)NS1(=O)=O. The Labute approximate surface area is 740 Å². The van der Waals surface area contributed by atoms with Crippen LogP contribution in [0.1, 0.15) is 220 Å². The molecule has 15 atom stereocenters. The molecule has 0 unspecified atom stereocenters. The first kappa shape index (κ1) is 88.8. The van der Waals surface area contributed by atoms with Crippen molar-refractivity contribution in [2.75, 3.05) is 73.8 Å². The topological polar surface area (TPSA) is 288 Å². The molecule has 0 radical (unpaired) electrons. The second-order valence-electron chi connectivity index (χ2n) is 36.9. The van der Waals surface area contributed by atoms with Crippen molar-refractivity contribution in [2.45, 2.75) is 225 Å². The molecule has 6 aromatic carbocycles. The molecule has 21 nitrogen and oxygen atoms in total. The fraction of sp³-hybridized carbons (Fsp3) is 0.531. The van der Waals surface area contributed by atoms with Gasteiger partial charge in [0.1, 0.15) is 17.2 Å². The molecule has 27 heteroatoms. The van der Waals surface area contributed by atoms with Crippen LogP contribution < -0.4 is 43.1 Å². The van der Waals surface area contributed by atoms with Gasteiger partial charge in [0, 0.05) is 87.3 Å². The first-order valence-electron chi connectivity index (χ1n) is 44.7. The molecule has 6 aromatic rings. The van der Waals surface area contributed by atoms with E-state index in [-0.39, 0.29) is 34.0 Å². The van der Waals surface area contributed by atoms with Crippen LogP contribution in [0, 0.1) is 35.5 Å². The number of aliphatic hydroxyl groups excluding tert-OH is 3. The number of aryl methyl sites for hydroxylation is 3. The normalized spacial score (nSPS) is 32.0. The van der Waals surface area contributed by atoms with Gasteiger partial charge in [-0.15, -0.1) is 0 Å². The van der Waals surface area contributed by atoms with Crippen LogP contribution in [0.2, 0.25) is 15.1 Å². The first-order valence-corrected chi connectivity index (χ1v) is 50.5. The summed E-state index contributed by atoms with van der Waals surface area (Å²) < 4.78 is 105. The Morgan fingerprint density at radius 2 is 0.675 bits per heavy atom. The van der Waals surface area contributed by atoms with Gasteiger partial charge in [-0.2, -0.15) is 0 Å². The number of ether oxygens (including phenoxy) is 3. The van der Waals surface area contributed by atoms with Gasteiger partial charge >= 0.3 is 0 Å². The molecule has 6 bridgehead atoms. The number of nitrogens with zero attached hydrogens (tertiary/aromatic N) is 3. The number of amides is 3. The zero-order valence-corrected chi connectivity index (χ0v) is 75.3. The van der Waals surface area contributed by atoms with Crippen molar-refractivity contribution in [3.8, 4) is 17.2 Å². The minimum atomic E-state index is -3.87. The molecule has 6 aliphatic heterocycles. The van der Waals surface area contributed by atoms with Gasteiger partial charge in [0.25, 0.3) is 17.7 Å². The van der Waals surface area contributed by atoms with E-state index in [9.17, 15) is 55.0 Å². The van der Waals surface area contributed by atoms with Gasteiger partial charge < -0.3 is 44.2 Å². The van der Waals surface area contributed by atoms with Crippen molar-refractivity contribution >= 4 is 99.7 Å². The van der Waals surface area contributed by atoms with Crippen LogP contribution in [0.3, 0.4) is 0 Å². The maximum atomic E-state index is 13.3. The number of aliphatic hydroxyl groups is 3. The van der Waals surface area contributed by atoms with Gasteiger partial charge in [-0.05, 0) is 314 Å². The van der Waals surface area contributed by atoms with Gasteiger partial charge in [0.15, 0.2) is 0 Å². The van der Waals surface area contributed by atoms with Crippen LogP contribution in [0.15, 0.2) is 146 Å². The number of rotatable bonds is 3. The van der Waals surface area contributed by atoms with Crippen LogP contribution >= 0.6 is 34.8 Å². The lowest BCUT2D eigenvalue weighted by Gasteiger charge is -2.45. The maximum absolute atomic E-state index is 13.3. The summed E-state index contributed by atoms with van der Waals surface area (Å²) in [6, 6.07) is 34.2. The third-order valence-corrected chi connectivity index (χ3v) is 35.8. The van der Waals surface area contributed by atoms with Gasteiger partial charge in [-0.3, -0.25) is 14.4 Å². The third-order valence-electron chi connectivity index (χ3n) is 29.4. The Balaban J connectivity index is 0.000000137. The summed E-state index contributed by atoms with van der Waals surface area (Å²) in [6.45, 7) is 11.2. The van der Waals surface area contributed by atoms with Crippen molar-refractivity contribution in [1.82, 2.24) is 14.2 Å². The number of carbonyl (C=O) groups excluding carboxylic acids is 3. The molecule has 123 heavy (non-hydrogen) atoms. The van der Waals surface area contributed by atoms with E-state index in [0.29, 0.717) is 149 Å². The number of anilines is 3. The third kappa shape index (κ3) is 18.8. The number of allylic oxidation sites excluding steroid dienone is 3. The smallest absolute Gasteiger partial charge is 0.264 e. The van der Waals surface area contributed by atoms with Crippen molar-refractivity contribution in [3.63, 3.8) is 0 Å². The monoisotopic (exact) mass is 1790 g/mol. The number of hydrogen-bond donors (Lipinski definition) is 6. The van der Waals surface area contributed by atoms with Crippen LogP contribution in [-0.4, -0.2) is 151 Å². The molecule has 18 rings (SSSR count). The summed E-state index contributed by atoms with van der Waals surface area (Å²) in [5.41, 5.74) is 10.0. The van der Waals surface area contributed by atoms with Crippen molar-refractivity contribution in [1.29, 1.82) is 0 Å². The Hall–Kier alpha value is -7.65. The summed E-state index contributed by atoms with van der Waals surface area (Å²) in [5.74, 6) is 1.48. The highest BCUT2D eigenvalue weighted by molar-refractivity contribution is 7.91. The van der Waals surface area contributed by atoms with Gasteiger partial charge in [-0.25, -0.2) is 39.4 Å². The minimum absolute atomic E-state index is 0.136. The molecule has 12 aliphatic rings. The summed E-state index contributed by atoms with van der Waals surface area (Å²) in [5, 5.41) is 33.3. The van der Waals surface area contributed by atoms with E-state index in [1.54, 1.807) is 54.6 Å². The highest BCUT2D eigenvalue weighted by Crippen LogP contribution is 2.52. The van der Waals surface area contributed by atoms with E-state index in [0.717, 1.165) is 148 Å². The fourth-order valence-corrected chi connectivity index (χ4v) is 26.8. The largest absolute Gasteiger partial charge is 0.490 e. The van der Waals surface area contributed by atoms with Crippen LogP contribution in [0.5, 0.6) is 17.2 Å². The second-order valence-corrected chi connectivity index (χ2v) is 44.1. The second kappa shape index (κ2) is 37.0. The molecule has 6 heterocycles. The van der Waals surface area contributed by atoms with E-state index < -0.39 is 81.9 Å². The molecule has 3 fully saturated rings. The van der Waals surface area contributed by atoms with E-state index in [4.69, 9.17) is 49.0 Å². The summed E-state index contributed by atoms with van der Waals surface area (Å²) in [6.07, 6.45) is 28.2. The first-order chi connectivity index (χ1) is 59.1. The highest BCUT2D eigenvalue weighted by atomic mass is 35.5. The van der Waals surface area contributed by atoms with E-state index in [1.165, 1.54) is 33.4 Å². The lowest BCUT2D eigenvalue weighted by molar-refractivity contribution is 0.0454. The molecule has 6 aliphatic carbocycles. The van der Waals surface area contributed by atoms with Crippen LogP contribution in [0.4, 0.5) is 17.1 Å². The van der Waals surface area contributed by atoms with Gasteiger partial charge in [-0.1, -0.05) is 110 Å². The number of fused-ring (bicyclic) bond motifs is 12. The Morgan fingerprint density at radius 3 is 0.935 bits per heavy atom. The van der Waals surface area contributed by atoms with Gasteiger partial charge in [0.2, 0.25) is 30.1 Å². The summed E-state index contributed by atoms with van der Waals surface area (Å²) in [4.78, 5) is 46.9. The standard InChI is InChI=1S/3C32H39ClN2O5S/c3*1-2-25-7-3-4-8-29(36)26-12-9-23(26)18-35-19-32(15-5-6-21-16-24(33)11-13-27(21)32)20-40-30-14-10-22(17-28(30)35)31(37)34-41(25,38)39/h3*4,8,10-11,13-14,16-17,23,25-26,29,36H,2-3,5-7,9,12,15,18-20H2,1H3,(H,34,37)/b2*8-4+;8-4-/t23-,25+,26+,29-,32-;23-,25-,26+,29-,32-;23-,25+,26+,29+,32-/m000/s1. The lowest BCUT2D eigenvalue weighted by Crippen LogP contribution is -2.49. The number of halogens is 3. The van der Waals surface area contributed by atoms with E-state index in [1.807, 2.05) is 75.4 Å². The molecule has 0 saturated heterocycles. The fourth-order valence-electron chi connectivity index (χ4n) is 22.0. The van der Waals surface area contributed by atoms with Crippen molar-refractivity contribution < 1.29 is 69.2 Å². The number of nitrogens with one attached hydrogen (secondary N) is 3. The quantitative estimate of drug-likeness (QED) is 0.0898. The van der Waals surface area contributed by atoms with Crippen LogP contribution in [0.25, 0.3) is 0 Å². The zero-order chi connectivity index (χ0) is 86.3. The van der Waals surface area contributed by atoms with Crippen molar-refractivity contribution in [2.24, 2.45) is 35.5 Å². The molecule has 0 aromatic heterocycles. The average molecular weight is 1800 g/mol. The van der Waals surface area contributed by atoms with Crippen LogP contribution in [-0.2, 0) is 65.6 Å². The van der Waals surface area contributed by atoms with E-state index >= 15 is 0 Å². The number of sulfonamides is 3.